The lowest BCUT2D eigenvalue weighted by molar-refractivity contribution is 0.164. The number of methoxy groups -OCH3 is 1. The Morgan fingerprint density at radius 3 is 2.59 bits per heavy atom. The quantitative estimate of drug-likeness (QED) is 0.825. The van der Waals surface area contributed by atoms with E-state index >= 15 is 0 Å². The van der Waals surface area contributed by atoms with E-state index in [0.29, 0.717) is 22.6 Å². The van der Waals surface area contributed by atoms with Gasteiger partial charge in [0.25, 0.3) is 0 Å². The molecule has 7 heteroatoms. The van der Waals surface area contributed by atoms with E-state index in [1.54, 1.807) is 25.3 Å². The molecule has 7 nitrogen and oxygen atoms in total. The van der Waals surface area contributed by atoms with Gasteiger partial charge < -0.3 is 19.0 Å². The molecule has 2 aromatic rings. The van der Waals surface area contributed by atoms with Gasteiger partial charge in [-0.05, 0) is 44.1 Å². The molecular formula is C20H28N4O3. The Kier molecular flexibility index (Phi) is 5.61. The Hall–Kier alpha value is -2.09. The van der Waals surface area contributed by atoms with Crippen molar-refractivity contribution in [3.05, 3.63) is 34.5 Å². The number of benzene rings is 1. The highest BCUT2D eigenvalue weighted by molar-refractivity contribution is 5.79. The van der Waals surface area contributed by atoms with Gasteiger partial charge in [-0.3, -0.25) is 10.2 Å². The smallest absolute Gasteiger partial charge is 0.200 e. The van der Waals surface area contributed by atoms with Gasteiger partial charge in [0.05, 0.1) is 12.5 Å². The number of nitrogens with zero attached hydrogens (tertiary/aromatic N) is 3. The second kappa shape index (κ2) is 8.29. The lowest BCUT2D eigenvalue weighted by Crippen LogP contribution is -2.53. The molecule has 1 aromatic heterocycles. The lowest BCUT2D eigenvalue weighted by atomic mass is 10.2. The fraction of sp³-hybridized carbons (Fsp3) is 0.550. The van der Waals surface area contributed by atoms with Crippen LogP contribution in [0.4, 0.5) is 5.88 Å². The van der Waals surface area contributed by atoms with Gasteiger partial charge in [-0.1, -0.05) is 0 Å². The van der Waals surface area contributed by atoms with Gasteiger partial charge >= 0.3 is 0 Å². The van der Waals surface area contributed by atoms with Gasteiger partial charge in [-0.15, -0.1) is 0 Å². The third-order valence-corrected chi connectivity index (χ3v) is 5.47. The summed E-state index contributed by atoms with van der Waals surface area (Å²) in [6.07, 6.45) is 2.67. The molecular weight excluding hydrogens is 344 g/mol. The van der Waals surface area contributed by atoms with E-state index in [0.717, 1.165) is 39.3 Å². The van der Waals surface area contributed by atoms with Gasteiger partial charge in [0.2, 0.25) is 0 Å². The topological polar surface area (TPSA) is 61.2 Å². The number of likely N-dealkylation sites (tertiary alicyclic amines) is 1. The fourth-order valence-corrected chi connectivity index (χ4v) is 3.86. The van der Waals surface area contributed by atoms with E-state index < -0.39 is 0 Å². The highest BCUT2D eigenvalue weighted by Crippen LogP contribution is 2.23. The molecule has 1 aromatic carbocycles. The monoisotopic (exact) mass is 372 g/mol. The molecule has 0 aliphatic carbocycles. The van der Waals surface area contributed by atoms with Crippen molar-refractivity contribution >= 4 is 16.9 Å². The zero-order valence-electron chi connectivity index (χ0n) is 15.9. The minimum atomic E-state index is -0.0312. The summed E-state index contributed by atoms with van der Waals surface area (Å²) >= 11 is 0. The van der Waals surface area contributed by atoms with Gasteiger partial charge in [-0.2, -0.15) is 0 Å². The second-order valence-electron chi connectivity index (χ2n) is 7.24. The molecule has 27 heavy (non-hydrogen) atoms. The molecule has 2 saturated heterocycles. The first-order valence-electron chi connectivity index (χ1n) is 9.80. The predicted molar refractivity (Wildman–Crippen MR) is 106 cm³/mol. The van der Waals surface area contributed by atoms with Crippen molar-refractivity contribution in [3.8, 4) is 5.75 Å². The third kappa shape index (κ3) is 4.26. The Morgan fingerprint density at radius 2 is 1.85 bits per heavy atom. The van der Waals surface area contributed by atoms with Crippen molar-refractivity contribution in [1.29, 1.82) is 0 Å². The van der Waals surface area contributed by atoms with Crippen LogP contribution in [0.15, 0.2) is 33.5 Å². The number of rotatable bonds is 6. The molecule has 0 spiro atoms. The van der Waals surface area contributed by atoms with Gasteiger partial charge in [-0.25, -0.2) is 5.01 Å². The minimum Gasteiger partial charge on any atom is -0.497 e. The van der Waals surface area contributed by atoms with Crippen LogP contribution in [0.3, 0.4) is 0 Å². The van der Waals surface area contributed by atoms with Crippen LogP contribution in [0.2, 0.25) is 0 Å². The summed E-state index contributed by atoms with van der Waals surface area (Å²) in [5.41, 5.74) is 4.10. The lowest BCUT2D eigenvalue weighted by Gasteiger charge is -2.35. The standard InChI is InChI=1S/C20H28N4O3/c1-26-16-4-5-19-17(14-16)18(25)15-20(27-19)23-10-12-24(13-11-23)21-6-9-22-7-2-3-8-22/h4-5,14-15,21H,2-3,6-13H2,1H3. The third-order valence-electron chi connectivity index (χ3n) is 5.47. The molecule has 1 N–H and O–H groups in total. The van der Waals surface area contributed by atoms with Crippen molar-refractivity contribution in [2.75, 3.05) is 64.4 Å². The van der Waals surface area contributed by atoms with Crippen LogP contribution >= 0.6 is 0 Å². The summed E-state index contributed by atoms with van der Waals surface area (Å²) in [6, 6.07) is 6.94. The first-order chi connectivity index (χ1) is 13.2. The predicted octanol–water partition coefficient (Wildman–Crippen LogP) is 1.52. The van der Waals surface area contributed by atoms with Crippen molar-refractivity contribution in [2.24, 2.45) is 0 Å². The minimum absolute atomic E-state index is 0.0312. The molecule has 2 aliphatic heterocycles. The molecule has 4 rings (SSSR count). The van der Waals surface area contributed by atoms with E-state index in [1.165, 1.54) is 25.9 Å². The highest BCUT2D eigenvalue weighted by Gasteiger charge is 2.20. The molecule has 0 saturated carbocycles. The maximum Gasteiger partial charge on any atom is 0.200 e. The second-order valence-corrected chi connectivity index (χ2v) is 7.24. The number of hydrazine groups is 1. The number of nitrogens with one attached hydrogen (secondary N) is 1. The van der Waals surface area contributed by atoms with Gasteiger partial charge in [0.15, 0.2) is 11.3 Å². The SMILES string of the molecule is COc1ccc2oc(N3CCN(NCCN4CCCC4)CC3)cc(=O)c2c1. The Labute approximate surface area is 159 Å². The Morgan fingerprint density at radius 1 is 1.07 bits per heavy atom. The first-order valence-corrected chi connectivity index (χ1v) is 9.80. The normalized spacial score (nSPS) is 19.1. The van der Waals surface area contributed by atoms with Crippen LogP contribution in [0.5, 0.6) is 5.75 Å². The number of ether oxygens (including phenoxy) is 1. The van der Waals surface area contributed by atoms with Crippen LogP contribution < -0.4 is 20.5 Å². The van der Waals surface area contributed by atoms with Crippen molar-refractivity contribution in [1.82, 2.24) is 15.3 Å². The maximum absolute atomic E-state index is 12.5. The number of anilines is 1. The van der Waals surface area contributed by atoms with E-state index in [9.17, 15) is 4.79 Å². The fourth-order valence-electron chi connectivity index (χ4n) is 3.86. The molecule has 2 aliphatic rings. The first kappa shape index (κ1) is 18.3. The summed E-state index contributed by atoms with van der Waals surface area (Å²) < 4.78 is 11.2. The van der Waals surface area contributed by atoms with Crippen LogP contribution in [0.1, 0.15) is 12.8 Å². The molecule has 0 amide bonds. The van der Waals surface area contributed by atoms with Crippen molar-refractivity contribution in [2.45, 2.75) is 12.8 Å². The van der Waals surface area contributed by atoms with Crippen LogP contribution in [-0.2, 0) is 0 Å². The van der Waals surface area contributed by atoms with Crippen molar-refractivity contribution < 1.29 is 9.15 Å². The Bertz CT molecular complexity index is 824. The number of piperazine rings is 1. The molecule has 0 atom stereocenters. The van der Waals surface area contributed by atoms with Crippen molar-refractivity contribution in [3.63, 3.8) is 0 Å². The number of hydrogen-bond donors (Lipinski definition) is 1. The summed E-state index contributed by atoms with van der Waals surface area (Å²) in [5.74, 6) is 1.31. The van der Waals surface area contributed by atoms with E-state index in [-0.39, 0.29) is 5.43 Å². The summed E-state index contributed by atoms with van der Waals surface area (Å²) in [6.45, 7) is 8.07. The van der Waals surface area contributed by atoms with E-state index in [2.05, 4.69) is 20.2 Å². The Balaban J connectivity index is 1.34. The number of fused-ring (bicyclic) bond motifs is 1. The summed E-state index contributed by atoms with van der Waals surface area (Å²) in [4.78, 5) is 17.1. The zero-order chi connectivity index (χ0) is 18.6. The summed E-state index contributed by atoms with van der Waals surface area (Å²) in [7, 11) is 1.59. The molecule has 146 valence electrons. The zero-order valence-corrected chi connectivity index (χ0v) is 15.9. The van der Waals surface area contributed by atoms with Crippen LogP contribution in [0, 0.1) is 0 Å². The van der Waals surface area contributed by atoms with Crippen LogP contribution in [0.25, 0.3) is 11.0 Å². The maximum atomic E-state index is 12.5. The van der Waals surface area contributed by atoms with Gasteiger partial charge in [0.1, 0.15) is 11.3 Å². The van der Waals surface area contributed by atoms with Crippen LogP contribution in [-0.4, -0.2) is 69.4 Å². The highest BCUT2D eigenvalue weighted by atomic mass is 16.5. The molecule has 2 fully saturated rings. The molecule has 0 bridgehead atoms. The van der Waals surface area contributed by atoms with E-state index in [4.69, 9.17) is 9.15 Å². The number of hydrogen-bond acceptors (Lipinski definition) is 7. The van der Waals surface area contributed by atoms with Gasteiger partial charge in [0, 0.05) is 45.3 Å². The summed E-state index contributed by atoms with van der Waals surface area (Å²) in [5, 5.41) is 2.83. The molecule has 0 unspecified atom stereocenters. The molecule has 3 heterocycles. The average Bonchev–Trinajstić information content (AvgIpc) is 3.22. The average molecular weight is 372 g/mol. The largest absolute Gasteiger partial charge is 0.497 e. The molecule has 0 radical (unpaired) electrons. The van der Waals surface area contributed by atoms with E-state index in [1.807, 2.05) is 6.07 Å².